The van der Waals surface area contributed by atoms with Gasteiger partial charge in [0.15, 0.2) is 6.61 Å². The molecule has 0 aliphatic carbocycles. The van der Waals surface area contributed by atoms with Crippen LogP contribution >= 0.6 is 11.6 Å². The van der Waals surface area contributed by atoms with Crippen molar-refractivity contribution >= 4 is 29.2 Å². The second-order valence-corrected chi connectivity index (χ2v) is 5.63. The minimum absolute atomic E-state index is 0.0644. The lowest BCUT2D eigenvalue weighted by atomic mass is 9.95. The molecule has 6 nitrogen and oxygen atoms in total. The second kappa shape index (κ2) is 7.47. The Morgan fingerprint density at radius 3 is 2.91 bits per heavy atom. The number of aliphatic carboxylic acids is 1. The molecule has 2 atom stereocenters. The van der Waals surface area contributed by atoms with E-state index < -0.39 is 12.6 Å². The third-order valence-corrected chi connectivity index (χ3v) is 3.70. The molecule has 7 heteroatoms. The fourth-order valence-electron chi connectivity index (χ4n) is 2.32. The molecule has 0 spiro atoms. The number of amides is 1. The molecule has 2 N–H and O–H groups in total. The van der Waals surface area contributed by atoms with Crippen LogP contribution < -0.4 is 10.1 Å². The van der Waals surface area contributed by atoms with Gasteiger partial charge in [-0.05, 0) is 38.0 Å². The SMILES string of the molecule is C[C@H]1C[C@H](C(=O)Nc2ccc(OCC(=O)O)c(Cl)c2)CCO1. The minimum Gasteiger partial charge on any atom is -0.480 e. The molecule has 1 fully saturated rings. The third kappa shape index (κ3) is 4.61. The highest BCUT2D eigenvalue weighted by Crippen LogP contribution is 2.28. The first kappa shape index (κ1) is 16.6. The zero-order chi connectivity index (χ0) is 16.1. The lowest BCUT2D eigenvalue weighted by Gasteiger charge is -2.26. The Kier molecular flexibility index (Phi) is 5.63. The van der Waals surface area contributed by atoms with E-state index >= 15 is 0 Å². The average Bonchev–Trinajstić information content (AvgIpc) is 2.46. The number of carbonyl (C=O) groups excluding carboxylic acids is 1. The molecule has 22 heavy (non-hydrogen) atoms. The maximum Gasteiger partial charge on any atom is 0.341 e. The van der Waals surface area contributed by atoms with Crippen LogP contribution in [0.3, 0.4) is 0 Å². The van der Waals surface area contributed by atoms with Crippen LogP contribution in [0.1, 0.15) is 19.8 Å². The maximum atomic E-state index is 12.2. The van der Waals surface area contributed by atoms with Crippen LogP contribution in [0.5, 0.6) is 5.75 Å². The second-order valence-electron chi connectivity index (χ2n) is 5.22. The van der Waals surface area contributed by atoms with Crippen LogP contribution in [0.4, 0.5) is 5.69 Å². The summed E-state index contributed by atoms with van der Waals surface area (Å²) in [7, 11) is 0. The van der Waals surface area contributed by atoms with E-state index in [2.05, 4.69) is 5.32 Å². The van der Waals surface area contributed by atoms with Gasteiger partial charge in [0, 0.05) is 18.2 Å². The highest BCUT2D eigenvalue weighted by atomic mass is 35.5. The maximum absolute atomic E-state index is 12.2. The lowest BCUT2D eigenvalue weighted by molar-refractivity contribution is -0.139. The number of carbonyl (C=O) groups is 2. The van der Waals surface area contributed by atoms with Crippen LogP contribution in [0.25, 0.3) is 0 Å². The van der Waals surface area contributed by atoms with E-state index in [0.29, 0.717) is 25.1 Å². The molecule has 1 aromatic carbocycles. The first-order valence-electron chi connectivity index (χ1n) is 7.02. The van der Waals surface area contributed by atoms with E-state index in [9.17, 15) is 9.59 Å². The van der Waals surface area contributed by atoms with Crippen molar-refractivity contribution in [2.45, 2.75) is 25.9 Å². The van der Waals surface area contributed by atoms with Gasteiger partial charge >= 0.3 is 5.97 Å². The zero-order valence-corrected chi connectivity index (χ0v) is 12.9. The topological polar surface area (TPSA) is 84.9 Å². The lowest BCUT2D eigenvalue weighted by Crippen LogP contribution is -2.32. The molecular formula is C15H18ClNO5. The van der Waals surface area contributed by atoms with E-state index in [1.165, 1.54) is 6.07 Å². The summed E-state index contributed by atoms with van der Waals surface area (Å²) >= 11 is 6.02. The van der Waals surface area contributed by atoms with Gasteiger partial charge in [-0.2, -0.15) is 0 Å². The van der Waals surface area contributed by atoms with Crippen molar-refractivity contribution in [3.8, 4) is 5.75 Å². The summed E-state index contributed by atoms with van der Waals surface area (Å²) in [5, 5.41) is 11.6. The van der Waals surface area contributed by atoms with Crippen LogP contribution in [0.2, 0.25) is 5.02 Å². The van der Waals surface area contributed by atoms with Crippen LogP contribution in [-0.4, -0.2) is 36.3 Å². The molecule has 1 aromatic rings. The average molecular weight is 328 g/mol. The fraction of sp³-hybridized carbons (Fsp3) is 0.467. The van der Waals surface area contributed by atoms with Crippen LogP contribution in [0.15, 0.2) is 18.2 Å². The molecule has 0 aromatic heterocycles. The van der Waals surface area contributed by atoms with E-state index in [4.69, 9.17) is 26.2 Å². The molecule has 1 saturated heterocycles. The normalized spacial score (nSPS) is 21.2. The van der Waals surface area contributed by atoms with Crippen molar-refractivity contribution in [1.29, 1.82) is 0 Å². The minimum atomic E-state index is -1.08. The Balaban J connectivity index is 1.96. The first-order chi connectivity index (χ1) is 10.5. The van der Waals surface area contributed by atoms with Gasteiger partial charge in [0.05, 0.1) is 11.1 Å². The Morgan fingerprint density at radius 2 is 2.27 bits per heavy atom. The largest absolute Gasteiger partial charge is 0.480 e. The smallest absolute Gasteiger partial charge is 0.341 e. The van der Waals surface area contributed by atoms with Crippen molar-refractivity contribution in [3.05, 3.63) is 23.2 Å². The highest BCUT2D eigenvalue weighted by Gasteiger charge is 2.25. The summed E-state index contributed by atoms with van der Waals surface area (Å²) in [6.07, 6.45) is 1.48. The molecule has 0 bridgehead atoms. The molecule has 120 valence electrons. The highest BCUT2D eigenvalue weighted by molar-refractivity contribution is 6.32. The van der Waals surface area contributed by atoms with Gasteiger partial charge in [-0.25, -0.2) is 4.79 Å². The summed E-state index contributed by atoms with van der Waals surface area (Å²) < 4.78 is 10.5. The van der Waals surface area contributed by atoms with Crippen molar-refractivity contribution in [2.24, 2.45) is 5.92 Å². The number of hydrogen-bond acceptors (Lipinski definition) is 4. The summed E-state index contributed by atoms with van der Waals surface area (Å²) in [6, 6.07) is 4.70. The molecule has 2 rings (SSSR count). The van der Waals surface area contributed by atoms with Crippen LogP contribution in [-0.2, 0) is 14.3 Å². The van der Waals surface area contributed by atoms with E-state index in [0.717, 1.165) is 0 Å². The van der Waals surface area contributed by atoms with Gasteiger partial charge in [0.25, 0.3) is 0 Å². The van der Waals surface area contributed by atoms with Crippen molar-refractivity contribution in [2.75, 3.05) is 18.5 Å². The summed E-state index contributed by atoms with van der Waals surface area (Å²) in [4.78, 5) is 22.7. The number of anilines is 1. The summed E-state index contributed by atoms with van der Waals surface area (Å²) in [5.74, 6) is -0.959. The predicted molar refractivity (Wildman–Crippen MR) is 81.4 cm³/mol. The number of hydrogen-bond donors (Lipinski definition) is 2. The number of rotatable bonds is 5. The molecule has 1 aliphatic rings. The molecule has 1 aliphatic heterocycles. The number of benzene rings is 1. The Morgan fingerprint density at radius 1 is 1.50 bits per heavy atom. The monoisotopic (exact) mass is 327 g/mol. The molecule has 1 heterocycles. The Bertz CT molecular complexity index is 563. The predicted octanol–water partition coefficient (Wildman–Crippen LogP) is 2.56. The number of ether oxygens (including phenoxy) is 2. The number of nitrogens with one attached hydrogen (secondary N) is 1. The van der Waals surface area contributed by atoms with Crippen molar-refractivity contribution in [1.82, 2.24) is 0 Å². The Hall–Kier alpha value is -1.79. The molecular weight excluding hydrogens is 310 g/mol. The molecule has 1 amide bonds. The molecule has 0 unspecified atom stereocenters. The van der Waals surface area contributed by atoms with Gasteiger partial charge in [-0.3, -0.25) is 4.79 Å². The summed E-state index contributed by atoms with van der Waals surface area (Å²) in [5.41, 5.74) is 0.553. The number of halogens is 1. The van der Waals surface area contributed by atoms with E-state index in [-0.39, 0.29) is 28.7 Å². The Labute approximate surface area is 133 Å². The third-order valence-electron chi connectivity index (χ3n) is 3.41. The quantitative estimate of drug-likeness (QED) is 0.868. The standard InChI is InChI=1S/C15H18ClNO5/c1-9-6-10(4-5-21-9)15(20)17-11-2-3-13(12(16)7-11)22-8-14(18)19/h2-3,7,9-10H,4-6,8H2,1H3,(H,17,20)(H,18,19)/t9-,10+/m0/s1. The van der Waals surface area contributed by atoms with Crippen molar-refractivity contribution < 1.29 is 24.2 Å². The van der Waals surface area contributed by atoms with Gasteiger partial charge in [-0.15, -0.1) is 0 Å². The molecule has 0 saturated carbocycles. The number of carboxylic acids is 1. The summed E-state index contributed by atoms with van der Waals surface area (Å²) in [6.45, 7) is 2.07. The van der Waals surface area contributed by atoms with Gasteiger partial charge in [0.1, 0.15) is 5.75 Å². The number of carboxylic acid groups (broad SMARTS) is 1. The fourth-order valence-corrected chi connectivity index (χ4v) is 2.55. The zero-order valence-electron chi connectivity index (χ0n) is 12.2. The van der Waals surface area contributed by atoms with Gasteiger partial charge in [0.2, 0.25) is 5.91 Å². The van der Waals surface area contributed by atoms with Crippen LogP contribution in [0, 0.1) is 5.92 Å². The molecule has 0 radical (unpaired) electrons. The van der Waals surface area contributed by atoms with Gasteiger partial charge < -0.3 is 19.9 Å². The van der Waals surface area contributed by atoms with E-state index in [1.807, 2.05) is 6.92 Å². The van der Waals surface area contributed by atoms with Crippen molar-refractivity contribution in [3.63, 3.8) is 0 Å². The first-order valence-corrected chi connectivity index (χ1v) is 7.40. The van der Waals surface area contributed by atoms with E-state index in [1.54, 1.807) is 12.1 Å². The van der Waals surface area contributed by atoms with Gasteiger partial charge in [-0.1, -0.05) is 11.6 Å².